The van der Waals surface area contributed by atoms with Gasteiger partial charge in [0.25, 0.3) is 0 Å². The predicted molar refractivity (Wildman–Crippen MR) is 64.7 cm³/mol. The maximum absolute atomic E-state index is 5.70. The van der Waals surface area contributed by atoms with Crippen LogP contribution >= 0.6 is 0 Å². The molecule has 2 N–H and O–H groups in total. The second kappa shape index (κ2) is 5.45. The first-order valence-electron chi connectivity index (χ1n) is 5.66. The van der Waals surface area contributed by atoms with Crippen LogP contribution in [0.5, 0.6) is 11.5 Å². The van der Waals surface area contributed by atoms with E-state index in [0.29, 0.717) is 18.0 Å². The molecule has 17 heavy (non-hydrogen) atoms. The fraction of sp³-hybridized carbons (Fsp3) is 0.333. The third kappa shape index (κ3) is 2.82. The summed E-state index contributed by atoms with van der Waals surface area (Å²) < 4.78 is 7.56. The normalized spacial score (nSPS) is 10.5. The van der Waals surface area contributed by atoms with E-state index in [1.54, 1.807) is 18.6 Å². The van der Waals surface area contributed by atoms with Gasteiger partial charge in [-0.2, -0.15) is 5.10 Å². The predicted octanol–water partition coefficient (Wildman–Crippen LogP) is 1.94. The minimum atomic E-state index is 0.431. The number of ether oxygens (including phenoxy) is 1. The van der Waals surface area contributed by atoms with Crippen LogP contribution in [0.4, 0.5) is 0 Å². The Kier molecular flexibility index (Phi) is 3.72. The number of aryl methyl sites for hydroxylation is 1. The van der Waals surface area contributed by atoms with E-state index in [9.17, 15) is 0 Å². The van der Waals surface area contributed by atoms with Gasteiger partial charge in [-0.15, -0.1) is 0 Å². The molecular weight excluding hydrogens is 216 g/mol. The molecule has 0 aliphatic heterocycles. The number of aromatic nitrogens is 3. The van der Waals surface area contributed by atoms with Crippen LogP contribution in [0.25, 0.3) is 0 Å². The van der Waals surface area contributed by atoms with Gasteiger partial charge in [0.05, 0.1) is 18.6 Å². The van der Waals surface area contributed by atoms with Gasteiger partial charge in [-0.25, -0.2) is 0 Å². The van der Waals surface area contributed by atoms with Crippen molar-refractivity contribution in [2.45, 2.75) is 26.4 Å². The van der Waals surface area contributed by atoms with Gasteiger partial charge in [0.2, 0.25) is 0 Å². The molecular formula is C12H16N4O. The summed E-state index contributed by atoms with van der Waals surface area (Å²) in [5, 5.41) is 4.20. The van der Waals surface area contributed by atoms with Gasteiger partial charge in [-0.3, -0.25) is 9.67 Å². The van der Waals surface area contributed by atoms with Crippen molar-refractivity contribution >= 4 is 0 Å². The Morgan fingerprint density at radius 1 is 1.41 bits per heavy atom. The molecule has 5 nitrogen and oxygen atoms in total. The van der Waals surface area contributed by atoms with Crippen molar-refractivity contribution in [2.75, 3.05) is 0 Å². The summed E-state index contributed by atoms with van der Waals surface area (Å²) in [5.74, 6) is 1.40. The largest absolute Gasteiger partial charge is 0.452 e. The SMILES string of the molecule is CCCn1cc(Oc2cnccc2CN)cn1. The highest BCUT2D eigenvalue weighted by Crippen LogP contribution is 2.23. The molecule has 2 aromatic rings. The lowest BCUT2D eigenvalue weighted by atomic mass is 10.2. The Hall–Kier alpha value is -1.88. The molecule has 0 bridgehead atoms. The van der Waals surface area contributed by atoms with Crippen molar-refractivity contribution in [1.29, 1.82) is 0 Å². The van der Waals surface area contributed by atoms with Gasteiger partial charge in [-0.05, 0) is 12.5 Å². The molecule has 5 heteroatoms. The second-order valence-electron chi connectivity index (χ2n) is 3.73. The van der Waals surface area contributed by atoms with Gasteiger partial charge in [0.1, 0.15) is 5.75 Å². The summed E-state index contributed by atoms with van der Waals surface area (Å²) in [6.45, 7) is 3.43. The Bertz CT molecular complexity index is 481. The van der Waals surface area contributed by atoms with Crippen LogP contribution in [0.3, 0.4) is 0 Å². The summed E-state index contributed by atoms with van der Waals surface area (Å²) in [6, 6.07) is 1.85. The average Bonchev–Trinajstić information content (AvgIpc) is 2.78. The lowest BCUT2D eigenvalue weighted by Crippen LogP contribution is -1.99. The third-order valence-electron chi connectivity index (χ3n) is 2.38. The molecule has 0 saturated heterocycles. The standard InChI is InChI=1S/C12H16N4O/c1-2-5-16-9-11(7-15-16)17-12-8-14-4-3-10(12)6-13/h3-4,7-9H,2,5-6,13H2,1H3. The number of nitrogens with two attached hydrogens (primary N) is 1. The molecule has 0 aliphatic rings. The van der Waals surface area contributed by atoms with Gasteiger partial charge < -0.3 is 10.5 Å². The summed E-state index contributed by atoms with van der Waals surface area (Å²) in [5.41, 5.74) is 6.56. The van der Waals surface area contributed by atoms with Crippen molar-refractivity contribution < 1.29 is 4.74 Å². The molecule has 0 unspecified atom stereocenters. The Morgan fingerprint density at radius 2 is 2.29 bits per heavy atom. The fourth-order valence-corrected chi connectivity index (χ4v) is 1.54. The van der Waals surface area contributed by atoms with E-state index in [1.165, 1.54) is 0 Å². The summed E-state index contributed by atoms with van der Waals surface area (Å²) >= 11 is 0. The molecule has 0 radical (unpaired) electrons. The zero-order valence-corrected chi connectivity index (χ0v) is 9.84. The van der Waals surface area contributed by atoms with Crippen LogP contribution in [0.1, 0.15) is 18.9 Å². The minimum Gasteiger partial charge on any atom is -0.452 e. The topological polar surface area (TPSA) is 66.0 Å². The number of hydrogen-bond acceptors (Lipinski definition) is 4. The second-order valence-corrected chi connectivity index (χ2v) is 3.73. The van der Waals surface area contributed by atoms with Crippen molar-refractivity contribution in [3.8, 4) is 11.5 Å². The highest BCUT2D eigenvalue weighted by atomic mass is 16.5. The van der Waals surface area contributed by atoms with Crippen LogP contribution in [0.2, 0.25) is 0 Å². The number of hydrogen-bond donors (Lipinski definition) is 1. The van der Waals surface area contributed by atoms with Crippen LogP contribution in [0.15, 0.2) is 30.9 Å². The van der Waals surface area contributed by atoms with Gasteiger partial charge in [0, 0.05) is 24.8 Å². The molecule has 0 amide bonds. The molecule has 2 rings (SSSR count). The van der Waals surface area contributed by atoms with E-state index in [1.807, 2.05) is 16.9 Å². The zero-order valence-electron chi connectivity index (χ0n) is 9.84. The maximum atomic E-state index is 5.70. The van der Waals surface area contributed by atoms with Crippen molar-refractivity contribution in [1.82, 2.24) is 14.8 Å². The van der Waals surface area contributed by atoms with Crippen LogP contribution in [-0.4, -0.2) is 14.8 Å². The van der Waals surface area contributed by atoms with Gasteiger partial charge in [0.15, 0.2) is 5.75 Å². The summed E-state index contributed by atoms with van der Waals surface area (Å²) in [4.78, 5) is 4.02. The van der Waals surface area contributed by atoms with E-state index in [4.69, 9.17) is 10.5 Å². The minimum absolute atomic E-state index is 0.431. The molecule has 2 heterocycles. The van der Waals surface area contributed by atoms with E-state index in [2.05, 4.69) is 17.0 Å². The third-order valence-corrected chi connectivity index (χ3v) is 2.38. The van der Waals surface area contributed by atoms with Crippen molar-refractivity contribution in [2.24, 2.45) is 5.73 Å². The van der Waals surface area contributed by atoms with E-state index in [0.717, 1.165) is 18.5 Å². The molecule has 0 saturated carbocycles. The lowest BCUT2D eigenvalue weighted by Gasteiger charge is -2.06. The number of rotatable bonds is 5. The number of nitrogens with zero attached hydrogens (tertiary/aromatic N) is 3. The monoisotopic (exact) mass is 232 g/mol. The first-order chi connectivity index (χ1) is 8.33. The summed E-state index contributed by atoms with van der Waals surface area (Å²) in [7, 11) is 0. The van der Waals surface area contributed by atoms with E-state index < -0.39 is 0 Å². The van der Waals surface area contributed by atoms with E-state index >= 15 is 0 Å². The van der Waals surface area contributed by atoms with E-state index in [-0.39, 0.29) is 0 Å². The summed E-state index contributed by atoms with van der Waals surface area (Å²) in [6.07, 6.45) is 7.98. The Balaban J connectivity index is 2.13. The Morgan fingerprint density at radius 3 is 3.06 bits per heavy atom. The van der Waals surface area contributed by atoms with Crippen molar-refractivity contribution in [3.05, 3.63) is 36.4 Å². The fourth-order valence-electron chi connectivity index (χ4n) is 1.54. The molecule has 2 aromatic heterocycles. The highest BCUT2D eigenvalue weighted by Gasteiger charge is 2.05. The molecule has 0 aromatic carbocycles. The van der Waals surface area contributed by atoms with Crippen LogP contribution in [0, 0.1) is 0 Å². The first-order valence-corrected chi connectivity index (χ1v) is 5.66. The zero-order chi connectivity index (χ0) is 12.1. The smallest absolute Gasteiger partial charge is 0.165 e. The van der Waals surface area contributed by atoms with Gasteiger partial charge in [-0.1, -0.05) is 6.92 Å². The quantitative estimate of drug-likeness (QED) is 0.855. The van der Waals surface area contributed by atoms with Crippen LogP contribution in [-0.2, 0) is 13.1 Å². The highest BCUT2D eigenvalue weighted by molar-refractivity contribution is 5.33. The average molecular weight is 232 g/mol. The van der Waals surface area contributed by atoms with Crippen molar-refractivity contribution in [3.63, 3.8) is 0 Å². The molecule has 90 valence electrons. The maximum Gasteiger partial charge on any atom is 0.165 e. The molecule has 0 aliphatic carbocycles. The molecule has 0 spiro atoms. The molecule has 0 atom stereocenters. The first kappa shape index (κ1) is 11.6. The lowest BCUT2D eigenvalue weighted by molar-refractivity contribution is 0.472. The van der Waals surface area contributed by atoms with Crippen LogP contribution < -0.4 is 10.5 Å². The van der Waals surface area contributed by atoms with Gasteiger partial charge >= 0.3 is 0 Å². The molecule has 0 fully saturated rings. The number of pyridine rings is 1. The Labute approximate surface area is 100 Å².